The van der Waals surface area contributed by atoms with Gasteiger partial charge in [-0.05, 0) is 50.7 Å². The minimum atomic E-state index is -4.44. The fourth-order valence-corrected chi connectivity index (χ4v) is 1.82. The van der Waals surface area contributed by atoms with Gasteiger partial charge in [-0.25, -0.2) is 4.39 Å². The van der Waals surface area contributed by atoms with E-state index in [1.54, 1.807) is 0 Å². The monoisotopic (exact) mass is 368 g/mol. The molecule has 0 unspecified atom stereocenters. The summed E-state index contributed by atoms with van der Waals surface area (Å²) in [5.74, 6) is -0.697. The number of hydrogen-bond donors (Lipinski definition) is 0. The number of benzene rings is 1. The topological polar surface area (TPSA) is 0 Å². The molecule has 0 bridgehead atoms. The van der Waals surface area contributed by atoms with Crippen molar-refractivity contribution in [1.82, 2.24) is 0 Å². The summed E-state index contributed by atoms with van der Waals surface area (Å²) in [7, 11) is 0. The van der Waals surface area contributed by atoms with Crippen LogP contribution in [0.5, 0.6) is 0 Å². The molecule has 0 amide bonds. The zero-order valence-corrected chi connectivity index (χ0v) is 9.67. The summed E-state index contributed by atoms with van der Waals surface area (Å²) >= 11 is 4.14. The van der Waals surface area contributed by atoms with Crippen LogP contribution in [0.4, 0.5) is 17.6 Å². The van der Waals surface area contributed by atoms with E-state index in [1.807, 2.05) is 0 Å². The molecule has 0 spiro atoms. The summed E-state index contributed by atoms with van der Waals surface area (Å²) in [6.45, 7) is 0. The second-order valence-electron chi connectivity index (χ2n) is 2.24. The van der Waals surface area contributed by atoms with Crippen molar-refractivity contribution in [1.29, 1.82) is 0 Å². The van der Waals surface area contributed by atoms with Crippen LogP contribution >= 0.6 is 38.5 Å². The first-order valence-corrected chi connectivity index (χ1v) is 4.91. The van der Waals surface area contributed by atoms with Gasteiger partial charge in [-0.3, -0.25) is 0 Å². The van der Waals surface area contributed by atoms with E-state index in [4.69, 9.17) is 0 Å². The van der Waals surface area contributed by atoms with Crippen molar-refractivity contribution in [2.45, 2.75) is 6.18 Å². The second-order valence-corrected chi connectivity index (χ2v) is 4.26. The van der Waals surface area contributed by atoms with Crippen LogP contribution < -0.4 is 0 Å². The fraction of sp³-hybridized carbons (Fsp3) is 0.143. The summed E-state index contributed by atoms with van der Waals surface area (Å²) < 4.78 is 49.0. The Morgan fingerprint density at radius 1 is 1.23 bits per heavy atom. The molecule has 0 heterocycles. The van der Waals surface area contributed by atoms with E-state index < -0.39 is 17.6 Å². The third kappa shape index (κ3) is 2.55. The highest BCUT2D eigenvalue weighted by atomic mass is 127. The van der Waals surface area contributed by atoms with E-state index in [1.165, 1.54) is 22.6 Å². The van der Waals surface area contributed by atoms with Crippen molar-refractivity contribution in [3.05, 3.63) is 31.6 Å². The maximum Gasteiger partial charge on any atom is 0.417 e. The van der Waals surface area contributed by atoms with Gasteiger partial charge in [0.15, 0.2) is 0 Å². The molecule has 0 N–H and O–H groups in total. The molecule has 0 saturated heterocycles. The fourth-order valence-electron chi connectivity index (χ4n) is 0.740. The Hall–Kier alpha value is 0.150. The van der Waals surface area contributed by atoms with Crippen LogP contribution in [0.25, 0.3) is 0 Å². The highest BCUT2D eigenvalue weighted by Crippen LogP contribution is 2.35. The van der Waals surface area contributed by atoms with Crippen molar-refractivity contribution in [2.75, 3.05) is 0 Å². The molecule has 0 radical (unpaired) electrons. The van der Waals surface area contributed by atoms with Crippen LogP contribution in [0.3, 0.4) is 0 Å². The van der Waals surface area contributed by atoms with E-state index in [-0.39, 0.29) is 8.04 Å². The van der Waals surface area contributed by atoms with Gasteiger partial charge >= 0.3 is 6.18 Å². The lowest BCUT2D eigenvalue weighted by atomic mass is 10.2. The van der Waals surface area contributed by atoms with Gasteiger partial charge in [-0.1, -0.05) is 0 Å². The zero-order valence-electron chi connectivity index (χ0n) is 5.92. The van der Waals surface area contributed by atoms with Crippen LogP contribution in [-0.2, 0) is 6.18 Å². The Balaban J connectivity index is 3.32. The minimum Gasteiger partial charge on any atom is -0.206 e. The molecule has 0 aromatic heterocycles. The molecule has 0 aliphatic rings. The lowest BCUT2D eigenvalue weighted by Crippen LogP contribution is -2.07. The first-order valence-electron chi connectivity index (χ1n) is 3.04. The van der Waals surface area contributed by atoms with Gasteiger partial charge in [0.1, 0.15) is 5.82 Å². The molecular weight excluding hydrogens is 367 g/mol. The molecular formula is C7H2BrF4I. The number of rotatable bonds is 0. The molecule has 0 nitrogen and oxygen atoms in total. The van der Waals surface area contributed by atoms with Gasteiger partial charge in [-0.2, -0.15) is 13.2 Å². The van der Waals surface area contributed by atoms with Gasteiger partial charge in [0.05, 0.1) is 10.0 Å². The summed E-state index contributed by atoms with van der Waals surface area (Å²) in [4.78, 5) is 0. The third-order valence-electron chi connectivity index (χ3n) is 1.32. The van der Waals surface area contributed by atoms with Crippen molar-refractivity contribution in [2.24, 2.45) is 0 Å². The van der Waals surface area contributed by atoms with Gasteiger partial charge in [0.25, 0.3) is 0 Å². The lowest BCUT2D eigenvalue weighted by Gasteiger charge is -2.09. The number of hydrogen-bond acceptors (Lipinski definition) is 0. The first-order chi connectivity index (χ1) is 5.82. The van der Waals surface area contributed by atoms with Crippen molar-refractivity contribution in [3.63, 3.8) is 0 Å². The lowest BCUT2D eigenvalue weighted by molar-refractivity contribution is -0.138. The van der Waals surface area contributed by atoms with Crippen LogP contribution in [0.2, 0.25) is 0 Å². The van der Waals surface area contributed by atoms with E-state index in [0.29, 0.717) is 0 Å². The van der Waals surface area contributed by atoms with Crippen molar-refractivity contribution in [3.8, 4) is 0 Å². The average molecular weight is 369 g/mol. The van der Waals surface area contributed by atoms with E-state index >= 15 is 0 Å². The Labute approximate surface area is 93.6 Å². The normalized spacial score (nSPS) is 11.8. The van der Waals surface area contributed by atoms with Gasteiger partial charge in [0.2, 0.25) is 0 Å². The molecule has 1 aromatic carbocycles. The molecule has 0 atom stereocenters. The predicted octanol–water partition coefficient (Wildman–Crippen LogP) is 4.21. The SMILES string of the molecule is Fc1cc(I)c(C(F)(F)F)cc1Br. The number of alkyl halides is 3. The Kier molecular flexibility index (Phi) is 3.21. The smallest absolute Gasteiger partial charge is 0.206 e. The van der Waals surface area contributed by atoms with Crippen LogP contribution in [-0.4, -0.2) is 0 Å². The predicted molar refractivity (Wildman–Crippen MR) is 51.8 cm³/mol. The third-order valence-corrected chi connectivity index (χ3v) is 2.82. The highest BCUT2D eigenvalue weighted by molar-refractivity contribution is 14.1. The molecule has 1 aromatic rings. The molecule has 0 fully saturated rings. The molecule has 1 rings (SSSR count). The summed E-state index contributed by atoms with van der Waals surface area (Å²) in [6.07, 6.45) is -4.44. The highest BCUT2D eigenvalue weighted by Gasteiger charge is 2.33. The standard InChI is InChI=1S/C7H2BrF4I/c8-4-1-3(7(10,11)12)6(13)2-5(4)9/h1-2H. The summed E-state index contributed by atoms with van der Waals surface area (Å²) in [5, 5.41) is 0. The summed E-state index contributed by atoms with van der Waals surface area (Å²) in [6, 6.07) is 1.57. The quantitative estimate of drug-likeness (QED) is 0.365. The Bertz CT molecular complexity index is 334. The Morgan fingerprint density at radius 3 is 2.23 bits per heavy atom. The zero-order chi connectivity index (χ0) is 10.2. The number of halogens is 6. The maximum atomic E-state index is 12.7. The van der Waals surface area contributed by atoms with Gasteiger partial charge in [0, 0.05) is 3.57 Å². The molecule has 13 heavy (non-hydrogen) atoms. The minimum absolute atomic E-state index is 0.147. The van der Waals surface area contributed by atoms with E-state index in [0.717, 1.165) is 12.1 Å². The van der Waals surface area contributed by atoms with E-state index in [9.17, 15) is 17.6 Å². The van der Waals surface area contributed by atoms with E-state index in [2.05, 4.69) is 15.9 Å². The summed E-state index contributed by atoms with van der Waals surface area (Å²) in [5.41, 5.74) is -0.832. The van der Waals surface area contributed by atoms with Crippen LogP contribution in [0.15, 0.2) is 16.6 Å². The van der Waals surface area contributed by atoms with Crippen molar-refractivity contribution >= 4 is 38.5 Å². The first kappa shape index (κ1) is 11.2. The molecule has 72 valence electrons. The molecule has 0 aliphatic heterocycles. The molecule has 0 aliphatic carbocycles. The van der Waals surface area contributed by atoms with Crippen LogP contribution in [0, 0.1) is 9.39 Å². The largest absolute Gasteiger partial charge is 0.417 e. The molecule has 0 saturated carbocycles. The van der Waals surface area contributed by atoms with Gasteiger partial charge in [-0.15, -0.1) is 0 Å². The van der Waals surface area contributed by atoms with Crippen molar-refractivity contribution < 1.29 is 17.6 Å². The van der Waals surface area contributed by atoms with Gasteiger partial charge < -0.3 is 0 Å². The Morgan fingerprint density at radius 2 is 1.77 bits per heavy atom. The average Bonchev–Trinajstić information content (AvgIpc) is 1.94. The van der Waals surface area contributed by atoms with Crippen LogP contribution in [0.1, 0.15) is 5.56 Å². The maximum absolute atomic E-state index is 12.7. The molecule has 6 heteroatoms. The second kappa shape index (κ2) is 3.72.